The van der Waals surface area contributed by atoms with Crippen LogP contribution in [0.25, 0.3) is 0 Å². The molecule has 2 aromatic rings. The van der Waals surface area contributed by atoms with Gasteiger partial charge in [0.25, 0.3) is 0 Å². The van der Waals surface area contributed by atoms with E-state index in [4.69, 9.17) is 9.47 Å². The Morgan fingerprint density at radius 2 is 1.24 bits per heavy atom. The molecule has 0 radical (unpaired) electrons. The topological polar surface area (TPSA) is 93.2 Å². The second-order valence-corrected chi connectivity index (χ2v) is 11.2. The van der Waals surface area contributed by atoms with Crippen LogP contribution in [0.15, 0.2) is 40.1 Å². The normalized spacial score (nSPS) is 18.1. The summed E-state index contributed by atoms with van der Waals surface area (Å²) in [5.74, 6) is -3.17. The molecule has 0 spiro atoms. The number of benzene rings is 2. The minimum atomic E-state index is -5.07. The molecule has 34 heavy (non-hydrogen) atoms. The smallest absolute Gasteiger partial charge is 0.416 e. The van der Waals surface area contributed by atoms with E-state index in [-0.39, 0.29) is 42.5 Å². The summed E-state index contributed by atoms with van der Waals surface area (Å²) in [6.07, 6.45) is -5.07. The number of rotatable bonds is 4. The first-order valence-corrected chi connectivity index (χ1v) is 12.7. The molecule has 0 unspecified atom stereocenters. The first-order valence-electron chi connectivity index (χ1n) is 9.78. The third-order valence-corrected chi connectivity index (χ3v) is 9.12. The molecule has 186 valence electrons. The highest BCUT2D eigenvalue weighted by molar-refractivity contribution is 7.89. The van der Waals surface area contributed by atoms with E-state index in [0.29, 0.717) is 16.7 Å². The lowest BCUT2D eigenvalue weighted by Crippen LogP contribution is -2.50. The van der Waals surface area contributed by atoms with Crippen LogP contribution < -0.4 is 9.47 Å². The van der Waals surface area contributed by atoms with Crippen molar-refractivity contribution in [2.24, 2.45) is 0 Å². The largest absolute Gasteiger partial charge is 0.486 e. The molecule has 2 heterocycles. The van der Waals surface area contributed by atoms with Gasteiger partial charge in [0.2, 0.25) is 20.0 Å². The number of fused-ring (bicyclic) bond motifs is 1. The van der Waals surface area contributed by atoms with E-state index in [9.17, 15) is 38.8 Å². The predicted octanol–water partition coefficient (Wildman–Crippen LogP) is 2.45. The third kappa shape index (κ3) is 4.44. The first kappa shape index (κ1) is 24.6. The Bertz CT molecular complexity index is 1300. The first-order chi connectivity index (χ1) is 15.8. The van der Waals surface area contributed by atoms with Crippen molar-refractivity contribution in [1.29, 1.82) is 0 Å². The lowest BCUT2D eigenvalue weighted by molar-refractivity contribution is -0.138. The lowest BCUT2D eigenvalue weighted by atomic mass is 10.2. The van der Waals surface area contributed by atoms with Gasteiger partial charge in [-0.1, -0.05) is 0 Å². The Morgan fingerprint density at radius 1 is 0.735 bits per heavy atom. The number of sulfonamides is 2. The van der Waals surface area contributed by atoms with Gasteiger partial charge in [0.05, 0.1) is 10.5 Å². The quantitative estimate of drug-likeness (QED) is 0.567. The molecule has 0 bridgehead atoms. The van der Waals surface area contributed by atoms with Crippen LogP contribution >= 0.6 is 0 Å². The molecule has 0 N–H and O–H groups in total. The van der Waals surface area contributed by atoms with E-state index >= 15 is 0 Å². The van der Waals surface area contributed by atoms with Gasteiger partial charge < -0.3 is 9.47 Å². The monoisotopic (exact) mass is 528 g/mol. The summed E-state index contributed by atoms with van der Waals surface area (Å²) in [7, 11) is -8.94. The lowest BCUT2D eigenvalue weighted by Gasteiger charge is -2.33. The van der Waals surface area contributed by atoms with E-state index in [2.05, 4.69) is 0 Å². The Kier molecular flexibility index (Phi) is 6.25. The van der Waals surface area contributed by atoms with Crippen LogP contribution in [0.4, 0.5) is 22.0 Å². The Labute approximate surface area is 191 Å². The number of hydrogen-bond acceptors (Lipinski definition) is 6. The second-order valence-electron chi connectivity index (χ2n) is 7.38. The highest BCUT2D eigenvalue weighted by atomic mass is 32.2. The average Bonchev–Trinajstić information content (AvgIpc) is 2.77. The summed E-state index contributed by atoms with van der Waals surface area (Å²) in [5.41, 5.74) is -1.67. The van der Waals surface area contributed by atoms with Crippen molar-refractivity contribution in [1.82, 2.24) is 8.61 Å². The van der Waals surface area contributed by atoms with Gasteiger partial charge >= 0.3 is 6.18 Å². The maximum absolute atomic E-state index is 14.2. The van der Waals surface area contributed by atoms with E-state index in [1.807, 2.05) is 0 Å². The Balaban J connectivity index is 1.53. The predicted molar refractivity (Wildman–Crippen MR) is 106 cm³/mol. The van der Waals surface area contributed by atoms with Crippen LogP contribution in [-0.2, 0) is 26.2 Å². The summed E-state index contributed by atoms with van der Waals surface area (Å²) in [4.78, 5) is -1.64. The molecule has 0 saturated carbocycles. The van der Waals surface area contributed by atoms with Crippen molar-refractivity contribution in [3.05, 3.63) is 47.5 Å². The van der Waals surface area contributed by atoms with Crippen molar-refractivity contribution in [2.75, 3.05) is 39.4 Å². The van der Waals surface area contributed by atoms with Crippen LogP contribution in [0.3, 0.4) is 0 Å². The van der Waals surface area contributed by atoms with Gasteiger partial charge in [-0.25, -0.2) is 25.6 Å². The molecule has 1 saturated heterocycles. The summed E-state index contributed by atoms with van der Waals surface area (Å²) < 4.78 is 130. The van der Waals surface area contributed by atoms with Crippen molar-refractivity contribution < 1.29 is 48.3 Å². The van der Waals surface area contributed by atoms with Crippen LogP contribution in [0.1, 0.15) is 5.56 Å². The summed E-state index contributed by atoms with van der Waals surface area (Å²) in [5, 5.41) is 0. The molecule has 2 aliphatic rings. The van der Waals surface area contributed by atoms with E-state index in [1.54, 1.807) is 0 Å². The fourth-order valence-corrected chi connectivity index (χ4v) is 6.53. The molecular formula is C19H17F5N2O6S2. The number of nitrogens with zero attached hydrogens (tertiary/aromatic N) is 2. The van der Waals surface area contributed by atoms with Crippen molar-refractivity contribution in [3.8, 4) is 11.5 Å². The number of piperazine rings is 1. The maximum Gasteiger partial charge on any atom is 0.416 e. The van der Waals surface area contributed by atoms with Gasteiger partial charge in [-0.05, 0) is 24.3 Å². The highest BCUT2D eigenvalue weighted by Crippen LogP contribution is 2.35. The molecule has 1 fully saturated rings. The standard InChI is InChI=1S/C19H17F5N2O6S2/c20-14-9-12(19(22,23)24)10-15(21)18(14)34(29,30)26-5-3-25(4-6-26)33(27,28)13-1-2-16-17(11-13)32-8-7-31-16/h1-2,9-11H,3-8H2. The summed E-state index contributed by atoms with van der Waals surface area (Å²) >= 11 is 0. The summed E-state index contributed by atoms with van der Waals surface area (Å²) in [6, 6.07) is 3.81. The van der Waals surface area contributed by atoms with Crippen molar-refractivity contribution >= 4 is 20.0 Å². The van der Waals surface area contributed by atoms with Gasteiger partial charge in [-0.3, -0.25) is 0 Å². The third-order valence-electron chi connectivity index (χ3n) is 5.27. The van der Waals surface area contributed by atoms with Crippen LogP contribution in [-0.4, -0.2) is 64.8 Å². The van der Waals surface area contributed by atoms with Gasteiger partial charge in [0.15, 0.2) is 16.4 Å². The average molecular weight is 528 g/mol. The summed E-state index contributed by atoms with van der Waals surface area (Å²) in [6.45, 7) is -1.07. The second kappa shape index (κ2) is 8.62. The zero-order valence-electron chi connectivity index (χ0n) is 17.2. The number of hydrogen-bond donors (Lipinski definition) is 0. The Hall–Kier alpha value is -2.49. The van der Waals surface area contributed by atoms with Gasteiger partial charge in [0.1, 0.15) is 24.8 Å². The van der Waals surface area contributed by atoms with Crippen LogP contribution in [0, 0.1) is 11.6 Å². The Morgan fingerprint density at radius 3 is 1.76 bits per heavy atom. The fourth-order valence-electron chi connectivity index (χ4n) is 3.58. The maximum atomic E-state index is 14.2. The van der Waals surface area contributed by atoms with Crippen LogP contribution in [0.2, 0.25) is 0 Å². The molecule has 8 nitrogen and oxygen atoms in total. The molecular weight excluding hydrogens is 511 g/mol. The van der Waals surface area contributed by atoms with Gasteiger partial charge in [-0.15, -0.1) is 0 Å². The molecule has 15 heteroatoms. The minimum Gasteiger partial charge on any atom is -0.486 e. The van der Waals surface area contributed by atoms with E-state index in [1.165, 1.54) is 18.2 Å². The van der Waals surface area contributed by atoms with E-state index < -0.39 is 61.4 Å². The SMILES string of the molecule is O=S(=O)(c1ccc2c(c1)OCCO2)N1CCN(S(=O)(=O)c2c(F)cc(C(F)(F)F)cc2F)CC1. The molecule has 4 rings (SSSR count). The van der Waals surface area contributed by atoms with Gasteiger partial charge in [0, 0.05) is 32.2 Å². The molecule has 2 aromatic carbocycles. The highest BCUT2D eigenvalue weighted by Gasteiger charge is 2.39. The zero-order chi connectivity index (χ0) is 24.9. The molecule has 2 aliphatic heterocycles. The molecule has 0 aliphatic carbocycles. The number of halogens is 5. The van der Waals surface area contributed by atoms with Gasteiger partial charge in [-0.2, -0.15) is 21.8 Å². The minimum absolute atomic E-state index is 0.0987. The molecule has 0 atom stereocenters. The zero-order valence-corrected chi connectivity index (χ0v) is 18.8. The molecule has 0 amide bonds. The fraction of sp³-hybridized carbons (Fsp3) is 0.368. The van der Waals surface area contributed by atoms with Crippen molar-refractivity contribution in [2.45, 2.75) is 16.0 Å². The molecule has 0 aromatic heterocycles. The number of alkyl halides is 3. The number of ether oxygens (including phenoxy) is 2. The van der Waals surface area contributed by atoms with E-state index in [0.717, 1.165) is 4.31 Å². The van der Waals surface area contributed by atoms with Crippen LogP contribution in [0.5, 0.6) is 11.5 Å². The van der Waals surface area contributed by atoms with Crippen molar-refractivity contribution in [3.63, 3.8) is 0 Å².